The van der Waals surface area contributed by atoms with Gasteiger partial charge >= 0.3 is 0 Å². The fourth-order valence-corrected chi connectivity index (χ4v) is 1.52. The van der Waals surface area contributed by atoms with E-state index in [1.54, 1.807) is 6.20 Å². The second kappa shape index (κ2) is 3.83. The SMILES string of the molecule is CC(CN)c1ncccc1Br. The zero-order valence-electron chi connectivity index (χ0n) is 6.42. The van der Waals surface area contributed by atoms with Crippen LogP contribution < -0.4 is 5.73 Å². The average molecular weight is 215 g/mol. The fourth-order valence-electron chi connectivity index (χ4n) is 0.872. The van der Waals surface area contributed by atoms with E-state index in [1.807, 2.05) is 12.1 Å². The first-order valence-electron chi connectivity index (χ1n) is 3.56. The highest BCUT2D eigenvalue weighted by atomic mass is 79.9. The molecule has 0 radical (unpaired) electrons. The standard InChI is InChI=1S/C8H11BrN2/c1-6(5-10)8-7(9)3-2-4-11-8/h2-4,6H,5,10H2,1H3. The zero-order chi connectivity index (χ0) is 8.27. The van der Waals surface area contributed by atoms with Gasteiger partial charge in [0.05, 0.1) is 5.69 Å². The van der Waals surface area contributed by atoms with Crippen LogP contribution in [0.2, 0.25) is 0 Å². The molecule has 11 heavy (non-hydrogen) atoms. The molecule has 0 saturated heterocycles. The quantitative estimate of drug-likeness (QED) is 0.818. The summed E-state index contributed by atoms with van der Waals surface area (Å²) in [6.07, 6.45) is 1.78. The summed E-state index contributed by atoms with van der Waals surface area (Å²) in [5.74, 6) is 0.325. The molecule has 1 heterocycles. The molecular formula is C8H11BrN2. The number of hydrogen-bond donors (Lipinski definition) is 1. The van der Waals surface area contributed by atoms with Gasteiger partial charge in [0.15, 0.2) is 0 Å². The maximum Gasteiger partial charge on any atom is 0.0586 e. The van der Waals surface area contributed by atoms with Gasteiger partial charge in [-0.05, 0) is 28.1 Å². The van der Waals surface area contributed by atoms with Crippen LogP contribution in [0.1, 0.15) is 18.5 Å². The predicted molar refractivity (Wildman–Crippen MR) is 49.4 cm³/mol. The molecule has 0 aliphatic carbocycles. The first-order chi connectivity index (χ1) is 5.25. The van der Waals surface area contributed by atoms with E-state index < -0.39 is 0 Å². The first kappa shape index (κ1) is 8.68. The third-order valence-corrected chi connectivity index (χ3v) is 2.28. The Kier molecular flexibility index (Phi) is 3.02. The van der Waals surface area contributed by atoms with E-state index in [-0.39, 0.29) is 0 Å². The van der Waals surface area contributed by atoms with Crippen molar-refractivity contribution in [2.45, 2.75) is 12.8 Å². The number of pyridine rings is 1. The highest BCUT2D eigenvalue weighted by Crippen LogP contribution is 2.20. The Balaban J connectivity index is 2.93. The lowest BCUT2D eigenvalue weighted by Gasteiger charge is -2.08. The minimum absolute atomic E-state index is 0.325. The number of halogens is 1. The molecule has 1 rings (SSSR count). The molecular weight excluding hydrogens is 204 g/mol. The molecule has 0 aliphatic heterocycles. The minimum Gasteiger partial charge on any atom is -0.330 e. The summed E-state index contributed by atoms with van der Waals surface area (Å²) in [5.41, 5.74) is 6.55. The highest BCUT2D eigenvalue weighted by molar-refractivity contribution is 9.10. The van der Waals surface area contributed by atoms with Crippen molar-refractivity contribution in [1.82, 2.24) is 4.98 Å². The molecule has 2 nitrogen and oxygen atoms in total. The van der Waals surface area contributed by atoms with Gasteiger partial charge in [0.2, 0.25) is 0 Å². The number of rotatable bonds is 2. The van der Waals surface area contributed by atoms with Crippen molar-refractivity contribution in [3.63, 3.8) is 0 Å². The van der Waals surface area contributed by atoms with Gasteiger partial charge in [0.1, 0.15) is 0 Å². The lowest BCUT2D eigenvalue weighted by Crippen LogP contribution is -2.10. The Labute approximate surface area is 75.0 Å². The molecule has 0 saturated carbocycles. The molecule has 3 heteroatoms. The summed E-state index contributed by atoms with van der Waals surface area (Å²) in [5, 5.41) is 0. The van der Waals surface area contributed by atoms with E-state index in [9.17, 15) is 0 Å². The van der Waals surface area contributed by atoms with Crippen molar-refractivity contribution in [2.75, 3.05) is 6.54 Å². The first-order valence-corrected chi connectivity index (χ1v) is 4.35. The van der Waals surface area contributed by atoms with Crippen molar-refractivity contribution in [3.05, 3.63) is 28.5 Å². The molecule has 1 aromatic heterocycles. The Hall–Kier alpha value is -0.410. The Morgan fingerprint density at radius 3 is 3.00 bits per heavy atom. The van der Waals surface area contributed by atoms with E-state index in [4.69, 9.17) is 5.73 Å². The van der Waals surface area contributed by atoms with Crippen LogP contribution in [-0.2, 0) is 0 Å². The Morgan fingerprint density at radius 2 is 2.45 bits per heavy atom. The van der Waals surface area contributed by atoms with Gasteiger partial charge in [0.25, 0.3) is 0 Å². The molecule has 2 N–H and O–H groups in total. The van der Waals surface area contributed by atoms with Gasteiger partial charge in [-0.3, -0.25) is 4.98 Å². The van der Waals surface area contributed by atoms with E-state index in [0.717, 1.165) is 10.2 Å². The van der Waals surface area contributed by atoms with E-state index in [1.165, 1.54) is 0 Å². The predicted octanol–water partition coefficient (Wildman–Crippen LogP) is 1.91. The van der Waals surface area contributed by atoms with Gasteiger partial charge < -0.3 is 5.73 Å². The second-order valence-corrected chi connectivity index (χ2v) is 3.36. The molecule has 0 amide bonds. The lowest BCUT2D eigenvalue weighted by atomic mass is 10.1. The van der Waals surface area contributed by atoms with Crippen molar-refractivity contribution >= 4 is 15.9 Å². The zero-order valence-corrected chi connectivity index (χ0v) is 8.01. The number of aromatic nitrogens is 1. The molecule has 1 atom stereocenters. The summed E-state index contributed by atoms with van der Waals surface area (Å²) in [4.78, 5) is 4.22. The van der Waals surface area contributed by atoms with Crippen LogP contribution in [-0.4, -0.2) is 11.5 Å². The summed E-state index contributed by atoms with van der Waals surface area (Å²) >= 11 is 3.42. The van der Waals surface area contributed by atoms with Crippen molar-refractivity contribution in [1.29, 1.82) is 0 Å². The maximum atomic E-state index is 5.51. The van der Waals surface area contributed by atoms with Gasteiger partial charge in [-0.15, -0.1) is 0 Å². The van der Waals surface area contributed by atoms with E-state index in [2.05, 4.69) is 27.8 Å². The normalized spacial score (nSPS) is 13.0. The van der Waals surface area contributed by atoms with E-state index in [0.29, 0.717) is 12.5 Å². The molecule has 0 aliphatic rings. The largest absolute Gasteiger partial charge is 0.330 e. The number of hydrogen-bond acceptors (Lipinski definition) is 2. The summed E-state index contributed by atoms with van der Waals surface area (Å²) in [7, 11) is 0. The number of nitrogens with zero attached hydrogens (tertiary/aromatic N) is 1. The van der Waals surface area contributed by atoms with Crippen LogP contribution >= 0.6 is 15.9 Å². The molecule has 0 aromatic carbocycles. The third-order valence-electron chi connectivity index (χ3n) is 1.61. The van der Waals surface area contributed by atoms with Crippen molar-refractivity contribution in [2.24, 2.45) is 5.73 Å². The van der Waals surface area contributed by atoms with Crippen molar-refractivity contribution < 1.29 is 0 Å². The maximum absolute atomic E-state index is 5.51. The molecule has 0 fully saturated rings. The molecule has 1 unspecified atom stereocenters. The van der Waals surface area contributed by atoms with Crippen LogP contribution in [0.15, 0.2) is 22.8 Å². The monoisotopic (exact) mass is 214 g/mol. The molecule has 60 valence electrons. The fraction of sp³-hybridized carbons (Fsp3) is 0.375. The minimum atomic E-state index is 0.325. The van der Waals surface area contributed by atoms with Crippen LogP contribution in [0.5, 0.6) is 0 Å². The summed E-state index contributed by atoms with van der Waals surface area (Å²) < 4.78 is 1.04. The highest BCUT2D eigenvalue weighted by Gasteiger charge is 2.07. The van der Waals surface area contributed by atoms with E-state index >= 15 is 0 Å². The van der Waals surface area contributed by atoms with Crippen LogP contribution in [0.3, 0.4) is 0 Å². The van der Waals surface area contributed by atoms with Gasteiger partial charge in [-0.1, -0.05) is 6.92 Å². The Morgan fingerprint density at radius 1 is 1.73 bits per heavy atom. The lowest BCUT2D eigenvalue weighted by molar-refractivity contribution is 0.740. The van der Waals surface area contributed by atoms with Gasteiger partial charge in [-0.25, -0.2) is 0 Å². The third kappa shape index (κ3) is 2.01. The Bertz CT molecular complexity index is 237. The van der Waals surface area contributed by atoms with Gasteiger partial charge in [-0.2, -0.15) is 0 Å². The average Bonchev–Trinajstić information content (AvgIpc) is 2.04. The van der Waals surface area contributed by atoms with Gasteiger partial charge in [0, 0.05) is 23.1 Å². The summed E-state index contributed by atoms with van der Waals surface area (Å²) in [6.45, 7) is 2.70. The molecule has 0 bridgehead atoms. The topological polar surface area (TPSA) is 38.9 Å². The summed E-state index contributed by atoms with van der Waals surface area (Å²) in [6, 6.07) is 3.88. The smallest absolute Gasteiger partial charge is 0.0586 e. The molecule has 0 spiro atoms. The van der Waals surface area contributed by atoms with Crippen LogP contribution in [0, 0.1) is 0 Å². The van der Waals surface area contributed by atoms with Crippen LogP contribution in [0.25, 0.3) is 0 Å². The van der Waals surface area contributed by atoms with Crippen molar-refractivity contribution in [3.8, 4) is 0 Å². The van der Waals surface area contributed by atoms with Crippen LogP contribution in [0.4, 0.5) is 0 Å². The number of nitrogens with two attached hydrogens (primary N) is 1. The second-order valence-electron chi connectivity index (χ2n) is 2.51. The molecule has 1 aromatic rings.